The van der Waals surface area contributed by atoms with Gasteiger partial charge in [-0.2, -0.15) is 0 Å². The highest BCUT2D eigenvalue weighted by atomic mass is 35.5. The summed E-state index contributed by atoms with van der Waals surface area (Å²) in [5.74, 6) is 1.01. The summed E-state index contributed by atoms with van der Waals surface area (Å²) in [6, 6.07) is 11.2. The van der Waals surface area contributed by atoms with E-state index in [9.17, 15) is 0 Å². The number of hydrogen-bond acceptors (Lipinski definition) is 4. The zero-order chi connectivity index (χ0) is 18.1. The number of hydrogen-bond donors (Lipinski definition) is 1. The van der Waals surface area contributed by atoms with E-state index in [2.05, 4.69) is 15.0 Å². The van der Waals surface area contributed by atoms with Crippen molar-refractivity contribution in [3.05, 3.63) is 77.4 Å². The van der Waals surface area contributed by atoms with Gasteiger partial charge in [-0.15, -0.1) is 0 Å². The van der Waals surface area contributed by atoms with Crippen molar-refractivity contribution in [2.75, 3.05) is 5.73 Å². The van der Waals surface area contributed by atoms with Gasteiger partial charge in [0, 0.05) is 42.1 Å². The molecule has 0 bridgehead atoms. The summed E-state index contributed by atoms with van der Waals surface area (Å²) in [6.45, 7) is 0. The lowest BCUT2D eigenvalue weighted by Crippen LogP contribution is -2.02. The van der Waals surface area contributed by atoms with E-state index in [4.69, 9.17) is 28.9 Å². The van der Waals surface area contributed by atoms with Gasteiger partial charge in [-0.05, 0) is 24.3 Å². The molecule has 2 N–H and O–H groups in total. The van der Waals surface area contributed by atoms with E-state index in [1.165, 1.54) is 0 Å². The predicted molar refractivity (Wildman–Crippen MR) is 104 cm³/mol. The van der Waals surface area contributed by atoms with Crippen molar-refractivity contribution < 1.29 is 0 Å². The maximum atomic E-state index is 6.38. The molecule has 128 valence electrons. The van der Waals surface area contributed by atoms with Crippen LogP contribution in [0.3, 0.4) is 0 Å². The summed E-state index contributed by atoms with van der Waals surface area (Å²) in [7, 11) is 0. The monoisotopic (exact) mass is 381 g/mol. The Morgan fingerprint density at radius 2 is 1.81 bits per heavy atom. The second kappa shape index (κ2) is 6.78. The zero-order valence-electron chi connectivity index (χ0n) is 13.5. The fraction of sp³-hybridized carbons (Fsp3) is 0. The average Bonchev–Trinajstić information content (AvgIpc) is 3.14. The Morgan fingerprint density at radius 1 is 0.923 bits per heavy atom. The maximum Gasteiger partial charge on any atom is 0.148 e. The minimum atomic E-state index is 0.378. The third-order valence-electron chi connectivity index (χ3n) is 3.99. The quantitative estimate of drug-likeness (QED) is 0.548. The van der Waals surface area contributed by atoms with Crippen LogP contribution in [0.1, 0.15) is 0 Å². The third kappa shape index (κ3) is 2.92. The molecule has 0 aliphatic carbocycles. The molecule has 1 aromatic carbocycles. The van der Waals surface area contributed by atoms with Gasteiger partial charge in [0.15, 0.2) is 0 Å². The summed E-state index contributed by atoms with van der Waals surface area (Å²) >= 11 is 12.5. The third-order valence-corrected chi connectivity index (χ3v) is 4.79. The Hall–Kier alpha value is -2.89. The minimum Gasteiger partial charge on any atom is -0.383 e. The van der Waals surface area contributed by atoms with Crippen molar-refractivity contribution in [1.82, 2.24) is 19.5 Å². The second-order valence-corrected chi connectivity index (χ2v) is 6.38. The molecule has 0 aliphatic rings. The first-order valence-electron chi connectivity index (χ1n) is 7.79. The molecule has 0 unspecified atom stereocenters. The number of aromatic nitrogens is 4. The van der Waals surface area contributed by atoms with E-state index in [-0.39, 0.29) is 0 Å². The van der Waals surface area contributed by atoms with Crippen LogP contribution in [0.4, 0.5) is 5.82 Å². The lowest BCUT2D eigenvalue weighted by atomic mass is 10.1. The molecule has 4 aromatic rings. The highest BCUT2D eigenvalue weighted by molar-refractivity contribution is 6.43. The van der Waals surface area contributed by atoms with E-state index in [1.54, 1.807) is 30.9 Å². The van der Waals surface area contributed by atoms with Crippen LogP contribution in [0, 0.1) is 0 Å². The van der Waals surface area contributed by atoms with Crippen molar-refractivity contribution in [3.63, 3.8) is 0 Å². The SMILES string of the molecule is Nc1ncc(-c2cccnc2)cc1-c1nccn1-c1cccc(Cl)c1Cl. The molecule has 0 saturated heterocycles. The van der Waals surface area contributed by atoms with Gasteiger partial charge in [0.05, 0.1) is 21.3 Å². The summed E-state index contributed by atoms with van der Waals surface area (Å²) in [5, 5.41) is 0.919. The topological polar surface area (TPSA) is 69.6 Å². The lowest BCUT2D eigenvalue weighted by Gasteiger charge is -2.12. The standard InChI is InChI=1S/C19H13Cl2N5/c20-15-4-1-5-16(17(15)21)26-8-7-24-19(26)14-9-13(11-25-18(14)22)12-3-2-6-23-10-12/h1-11H,(H2,22,25). The lowest BCUT2D eigenvalue weighted by molar-refractivity contribution is 1.06. The van der Waals surface area contributed by atoms with Gasteiger partial charge in [-0.1, -0.05) is 35.3 Å². The largest absolute Gasteiger partial charge is 0.383 e. The van der Waals surface area contributed by atoms with Crippen molar-refractivity contribution >= 4 is 29.0 Å². The predicted octanol–water partition coefficient (Wildman–Crippen LogP) is 4.89. The fourth-order valence-electron chi connectivity index (χ4n) is 2.72. The highest BCUT2D eigenvalue weighted by Crippen LogP contribution is 2.34. The van der Waals surface area contributed by atoms with Crippen molar-refractivity contribution in [2.45, 2.75) is 0 Å². The molecule has 26 heavy (non-hydrogen) atoms. The van der Waals surface area contributed by atoms with E-state index < -0.39 is 0 Å². The van der Waals surface area contributed by atoms with Gasteiger partial charge in [0.2, 0.25) is 0 Å². The molecule has 0 aliphatic heterocycles. The van der Waals surface area contributed by atoms with Crippen LogP contribution >= 0.6 is 23.2 Å². The van der Waals surface area contributed by atoms with Crippen LogP contribution in [-0.2, 0) is 0 Å². The Kier molecular flexibility index (Phi) is 4.32. The number of nitrogens with zero attached hydrogens (tertiary/aromatic N) is 4. The molecule has 0 fully saturated rings. The first-order chi connectivity index (χ1) is 12.6. The average molecular weight is 382 g/mol. The molecule has 0 atom stereocenters. The molecular formula is C19H13Cl2N5. The van der Waals surface area contributed by atoms with Crippen molar-refractivity contribution in [1.29, 1.82) is 0 Å². The molecule has 4 rings (SSSR count). The maximum absolute atomic E-state index is 6.38. The van der Waals surface area contributed by atoms with Crippen LogP contribution in [0.15, 0.2) is 67.4 Å². The molecule has 0 radical (unpaired) electrons. The number of pyridine rings is 2. The number of rotatable bonds is 3. The summed E-state index contributed by atoms with van der Waals surface area (Å²) < 4.78 is 1.84. The Morgan fingerprint density at radius 3 is 2.62 bits per heavy atom. The summed E-state index contributed by atoms with van der Waals surface area (Å²) in [6.07, 6.45) is 8.71. The normalized spacial score (nSPS) is 10.8. The van der Waals surface area contributed by atoms with Gasteiger partial charge < -0.3 is 5.73 Å². The van der Waals surface area contributed by atoms with E-state index in [0.717, 1.165) is 16.8 Å². The smallest absolute Gasteiger partial charge is 0.148 e. The molecular weight excluding hydrogens is 369 g/mol. The molecule has 3 heterocycles. The molecule has 7 heteroatoms. The molecule has 0 spiro atoms. The molecule has 3 aromatic heterocycles. The van der Waals surface area contributed by atoms with Crippen molar-refractivity contribution in [3.8, 4) is 28.2 Å². The van der Waals surface area contributed by atoms with Crippen LogP contribution < -0.4 is 5.73 Å². The van der Waals surface area contributed by atoms with Crippen LogP contribution in [-0.4, -0.2) is 19.5 Å². The number of nitrogens with two attached hydrogens (primary N) is 1. The van der Waals surface area contributed by atoms with Crippen LogP contribution in [0.25, 0.3) is 28.2 Å². The van der Waals surface area contributed by atoms with Crippen molar-refractivity contribution in [2.24, 2.45) is 0 Å². The number of anilines is 1. The number of nitrogen functional groups attached to an aromatic ring is 1. The van der Waals surface area contributed by atoms with Gasteiger partial charge >= 0.3 is 0 Å². The molecule has 0 saturated carbocycles. The van der Waals surface area contributed by atoms with Crippen LogP contribution in [0.2, 0.25) is 10.0 Å². The molecule has 5 nitrogen and oxygen atoms in total. The Labute approximate surface area is 160 Å². The zero-order valence-corrected chi connectivity index (χ0v) is 15.0. The van der Waals surface area contributed by atoms with Gasteiger partial charge in [0.25, 0.3) is 0 Å². The van der Waals surface area contributed by atoms with Gasteiger partial charge in [-0.3, -0.25) is 9.55 Å². The number of benzene rings is 1. The molecule has 0 amide bonds. The second-order valence-electron chi connectivity index (χ2n) is 5.59. The Bertz CT molecular complexity index is 1080. The Balaban J connectivity index is 1.88. The highest BCUT2D eigenvalue weighted by Gasteiger charge is 2.16. The number of halogens is 2. The summed E-state index contributed by atoms with van der Waals surface area (Å²) in [4.78, 5) is 12.9. The van der Waals surface area contributed by atoms with Crippen LogP contribution in [0.5, 0.6) is 0 Å². The summed E-state index contributed by atoms with van der Waals surface area (Å²) in [5.41, 5.74) is 9.40. The minimum absolute atomic E-state index is 0.378. The first kappa shape index (κ1) is 16.6. The van der Waals surface area contributed by atoms with Gasteiger partial charge in [0.1, 0.15) is 11.6 Å². The van der Waals surface area contributed by atoms with E-state index in [0.29, 0.717) is 27.3 Å². The van der Waals surface area contributed by atoms with E-state index in [1.807, 2.05) is 41.1 Å². The van der Waals surface area contributed by atoms with Gasteiger partial charge in [-0.25, -0.2) is 9.97 Å². The number of imidazole rings is 1. The first-order valence-corrected chi connectivity index (χ1v) is 8.55. The van der Waals surface area contributed by atoms with E-state index >= 15 is 0 Å². The fourth-order valence-corrected chi connectivity index (χ4v) is 3.11.